The molecule has 2 amide bonds. The Morgan fingerprint density at radius 2 is 1.87 bits per heavy atom. The van der Waals surface area contributed by atoms with Crippen LogP contribution in [0.15, 0.2) is 34.8 Å². The van der Waals surface area contributed by atoms with Gasteiger partial charge in [0.25, 0.3) is 5.91 Å². The van der Waals surface area contributed by atoms with Gasteiger partial charge in [0.1, 0.15) is 6.04 Å². The van der Waals surface area contributed by atoms with Crippen LogP contribution in [0.1, 0.15) is 51.3 Å². The number of aryl methyl sites for hydroxylation is 1. The predicted octanol–water partition coefficient (Wildman–Crippen LogP) is 2.77. The molecule has 2 saturated heterocycles. The molecule has 0 bridgehead atoms. The van der Waals surface area contributed by atoms with Gasteiger partial charge in [-0.3, -0.25) is 9.59 Å². The van der Waals surface area contributed by atoms with Gasteiger partial charge in [0.15, 0.2) is 0 Å². The third-order valence-corrected chi connectivity index (χ3v) is 10.6. The Labute approximate surface area is 227 Å². The van der Waals surface area contributed by atoms with Gasteiger partial charge in [0.2, 0.25) is 15.9 Å². The van der Waals surface area contributed by atoms with Crippen molar-refractivity contribution in [2.75, 3.05) is 19.3 Å². The van der Waals surface area contributed by atoms with E-state index in [-0.39, 0.29) is 31.3 Å². The second-order valence-electron chi connectivity index (χ2n) is 11.7. The molecule has 1 aromatic heterocycles. The van der Waals surface area contributed by atoms with E-state index in [1.54, 1.807) is 16.2 Å². The molecular weight excluding hydrogens is 524 g/mol. The summed E-state index contributed by atoms with van der Waals surface area (Å²) in [5.41, 5.74) is 3.76. The zero-order valence-corrected chi connectivity index (χ0v) is 24.0. The second-order valence-corrected chi connectivity index (χ2v) is 14.5. The van der Waals surface area contributed by atoms with E-state index in [9.17, 15) is 23.1 Å². The Kier molecular flexibility index (Phi) is 6.65. The smallest absolute Gasteiger partial charge is 0.256 e. The number of sulfonamides is 1. The van der Waals surface area contributed by atoms with Crippen LogP contribution in [0.3, 0.4) is 0 Å². The summed E-state index contributed by atoms with van der Waals surface area (Å²) < 4.78 is 26.3. The molecule has 204 valence electrons. The van der Waals surface area contributed by atoms with Gasteiger partial charge in [-0.1, -0.05) is 38.1 Å². The van der Waals surface area contributed by atoms with Gasteiger partial charge >= 0.3 is 0 Å². The lowest BCUT2D eigenvalue weighted by molar-refractivity contribution is -0.137. The van der Waals surface area contributed by atoms with E-state index >= 15 is 0 Å². The van der Waals surface area contributed by atoms with Gasteiger partial charge in [0.05, 0.1) is 39.9 Å². The minimum absolute atomic E-state index is 0.0838. The molecule has 2 fully saturated rings. The fourth-order valence-electron chi connectivity index (χ4n) is 6.12. The number of benzene rings is 1. The Hall–Kier alpha value is -2.47. The number of aliphatic imine (C=N–C) groups is 1. The summed E-state index contributed by atoms with van der Waals surface area (Å²) in [5, 5.41) is 10.6. The third-order valence-electron chi connectivity index (χ3n) is 8.39. The number of rotatable bonds is 5. The molecule has 0 unspecified atom stereocenters. The highest BCUT2D eigenvalue weighted by atomic mass is 32.2. The zero-order valence-electron chi connectivity index (χ0n) is 22.3. The van der Waals surface area contributed by atoms with Crippen LogP contribution in [0.5, 0.6) is 0 Å². The van der Waals surface area contributed by atoms with Gasteiger partial charge in [-0.05, 0) is 36.8 Å². The predicted molar refractivity (Wildman–Crippen MR) is 147 cm³/mol. The fraction of sp³-hybridized carbons (Fsp3) is 0.556. The normalized spacial score (nSPS) is 29.7. The number of β-amino-alcohol motifs (C(OH)–C–C–N with tert-alkyl or cyclic N) is 1. The van der Waals surface area contributed by atoms with E-state index in [1.165, 1.54) is 4.31 Å². The van der Waals surface area contributed by atoms with Crippen LogP contribution in [0.25, 0.3) is 10.4 Å². The molecule has 0 spiro atoms. The first kappa shape index (κ1) is 27.1. The van der Waals surface area contributed by atoms with E-state index in [1.807, 2.05) is 57.5 Å². The second kappa shape index (κ2) is 9.32. The summed E-state index contributed by atoms with van der Waals surface area (Å²) >= 11 is 1.57. The average Bonchev–Trinajstić information content (AvgIpc) is 3.59. The topological polar surface area (TPSA) is 120 Å². The Morgan fingerprint density at radius 1 is 1.18 bits per heavy atom. The number of aliphatic hydroxyl groups is 1. The number of carbonyl (C=O) groups is 2. The molecule has 2 aromatic rings. The summed E-state index contributed by atoms with van der Waals surface area (Å²) in [6.45, 7) is 7.98. The Morgan fingerprint density at radius 3 is 2.47 bits per heavy atom. The molecular formula is C27H34N4O5S2. The Bertz CT molecular complexity index is 1420. The number of thiazole rings is 1. The number of hydrogen-bond donors (Lipinski definition) is 1. The first-order valence-corrected chi connectivity index (χ1v) is 15.5. The molecule has 4 heterocycles. The summed E-state index contributed by atoms with van der Waals surface area (Å²) in [6.07, 6.45) is 1.51. The van der Waals surface area contributed by atoms with E-state index < -0.39 is 39.0 Å². The van der Waals surface area contributed by atoms with Crippen molar-refractivity contribution in [3.8, 4) is 10.4 Å². The van der Waals surface area contributed by atoms with Crippen LogP contribution in [0.2, 0.25) is 0 Å². The minimum atomic E-state index is -3.60. The third kappa shape index (κ3) is 4.53. The van der Waals surface area contributed by atoms with Gasteiger partial charge in [-0.2, -0.15) is 4.31 Å². The lowest BCUT2D eigenvalue weighted by Crippen LogP contribution is -2.54. The van der Waals surface area contributed by atoms with Crippen molar-refractivity contribution >= 4 is 38.9 Å². The van der Waals surface area contributed by atoms with E-state index in [4.69, 9.17) is 0 Å². The minimum Gasteiger partial charge on any atom is -0.391 e. The van der Waals surface area contributed by atoms with Crippen LogP contribution in [0, 0.1) is 12.3 Å². The monoisotopic (exact) mass is 558 g/mol. The molecule has 5 rings (SSSR count). The van der Waals surface area contributed by atoms with E-state index in [0.717, 1.165) is 28.0 Å². The maximum absolute atomic E-state index is 13.9. The lowest BCUT2D eigenvalue weighted by atomic mass is 9.78. The molecule has 1 N–H and O–H groups in total. The quantitative estimate of drug-likeness (QED) is 0.603. The highest BCUT2D eigenvalue weighted by molar-refractivity contribution is 7.88. The number of nitrogens with zero attached hydrogens (tertiary/aromatic N) is 4. The van der Waals surface area contributed by atoms with Gasteiger partial charge in [0, 0.05) is 31.6 Å². The largest absolute Gasteiger partial charge is 0.391 e. The van der Waals surface area contributed by atoms with Crippen molar-refractivity contribution in [3.05, 3.63) is 41.0 Å². The molecule has 38 heavy (non-hydrogen) atoms. The molecule has 3 aliphatic heterocycles. The summed E-state index contributed by atoms with van der Waals surface area (Å²) in [6, 6.07) is 6.45. The van der Waals surface area contributed by atoms with E-state index in [0.29, 0.717) is 18.6 Å². The van der Waals surface area contributed by atoms with Crippen molar-refractivity contribution in [2.45, 2.75) is 70.6 Å². The maximum Gasteiger partial charge on any atom is 0.256 e. The molecule has 9 nitrogen and oxygen atoms in total. The molecule has 1 aromatic carbocycles. The Balaban J connectivity index is 1.40. The summed E-state index contributed by atoms with van der Waals surface area (Å²) in [7, 11) is -3.60. The zero-order chi connectivity index (χ0) is 27.6. The summed E-state index contributed by atoms with van der Waals surface area (Å²) in [5.74, 6) is -0.616. The van der Waals surface area contributed by atoms with Crippen LogP contribution in [-0.4, -0.2) is 82.8 Å². The lowest BCUT2D eigenvalue weighted by Gasteiger charge is -2.36. The van der Waals surface area contributed by atoms with Crippen molar-refractivity contribution in [1.82, 2.24) is 14.2 Å². The average molecular weight is 559 g/mol. The number of hydrogen-bond acceptors (Lipinski definition) is 7. The molecule has 4 atom stereocenters. The first-order valence-electron chi connectivity index (χ1n) is 12.8. The first-order chi connectivity index (χ1) is 17.7. The van der Waals surface area contributed by atoms with Crippen LogP contribution >= 0.6 is 11.3 Å². The molecule has 0 saturated carbocycles. The fourth-order valence-corrected chi connectivity index (χ4v) is 8.11. The van der Waals surface area contributed by atoms with Gasteiger partial charge in [-0.15, -0.1) is 11.3 Å². The SMILES string of the molecule is Cc1ncsc1-c1ccc([C@]2(C)CC([C@H]3C[C@@H](O)CN3C(=O)[C@H]3N(S(C)(=O)=O)CCC3(C)C)=NC2=O)cc1. The molecule has 11 heteroatoms. The summed E-state index contributed by atoms with van der Waals surface area (Å²) in [4.78, 5) is 38.5. The number of aromatic nitrogens is 1. The molecule has 0 radical (unpaired) electrons. The van der Waals surface area contributed by atoms with E-state index in [2.05, 4.69) is 9.98 Å². The highest BCUT2D eigenvalue weighted by Gasteiger charge is 2.54. The van der Waals surface area contributed by atoms with Gasteiger partial charge < -0.3 is 10.0 Å². The van der Waals surface area contributed by atoms with Crippen molar-refractivity contribution in [1.29, 1.82) is 0 Å². The van der Waals surface area contributed by atoms with Crippen molar-refractivity contribution < 1.29 is 23.1 Å². The molecule has 0 aliphatic carbocycles. The highest BCUT2D eigenvalue weighted by Crippen LogP contribution is 2.42. The number of aliphatic hydroxyl groups excluding tert-OH is 1. The molecule has 3 aliphatic rings. The number of likely N-dealkylation sites (tertiary alicyclic amines) is 1. The maximum atomic E-state index is 13.9. The van der Waals surface area contributed by atoms with Crippen LogP contribution in [0.4, 0.5) is 0 Å². The van der Waals surface area contributed by atoms with Crippen molar-refractivity contribution in [2.24, 2.45) is 10.4 Å². The standard InChI is InChI=1S/C27H34N4O5S2/c1-16-22(37-15-28-16)17-6-8-18(9-7-17)27(4)13-20(29-25(27)34)21-12-19(32)14-30(21)24(33)23-26(2,3)10-11-31(23)38(5,35)36/h6-9,15,19,21,23,32H,10-14H2,1-5H3/t19-,21-,23-,27+/m1/s1. The number of amides is 2. The van der Waals surface area contributed by atoms with Crippen LogP contribution in [-0.2, 0) is 25.0 Å². The van der Waals surface area contributed by atoms with Gasteiger partial charge in [-0.25, -0.2) is 18.4 Å². The van der Waals surface area contributed by atoms with Crippen LogP contribution < -0.4 is 0 Å². The van der Waals surface area contributed by atoms with Crippen molar-refractivity contribution in [3.63, 3.8) is 0 Å². The number of carbonyl (C=O) groups excluding carboxylic acids is 2.